The fourth-order valence-electron chi connectivity index (χ4n) is 2.70. The number of para-hydroxylation sites is 1. The fourth-order valence-corrected chi connectivity index (χ4v) is 2.70. The highest BCUT2D eigenvalue weighted by molar-refractivity contribution is 5.65. The Morgan fingerprint density at radius 1 is 1.04 bits per heavy atom. The molecule has 1 N–H and O–H groups in total. The molecule has 4 heteroatoms. The average molecular weight is 320 g/mol. The van der Waals surface area contributed by atoms with Crippen molar-refractivity contribution in [2.45, 2.75) is 26.7 Å². The zero-order chi connectivity index (χ0) is 17.3. The summed E-state index contributed by atoms with van der Waals surface area (Å²) in [5.74, 6) is 0.961. The van der Waals surface area contributed by atoms with Gasteiger partial charge in [0.1, 0.15) is 5.75 Å². The number of aryl methyl sites for hydroxylation is 1. The lowest BCUT2D eigenvalue weighted by Gasteiger charge is -2.15. The number of aromatic hydroxyl groups is 1. The van der Waals surface area contributed by atoms with Gasteiger partial charge in [-0.3, -0.25) is 9.36 Å². The van der Waals surface area contributed by atoms with Gasteiger partial charge in [0.15, 0.2) is 5.82 Å². The normalized spacial score (nSPS) is 11.0. The van der Waals surface area contributed by atoms with E-state index >= 15 is 0 Å². The maximum atomic E-state index is 12.6. The van der Waals surface area contributed by atoms with E-state index in [0.29, 0.717) is 23.0 Å². The van der Waals surface area contributed by atoms with Gasteiger partial charge in [0.2, 0.25) is 0 Å². The second-order valence-corrected chi connectivity index (χ2v) is 6.16. The second kappa shape index (κ2) is 6.32. The molecule has 0 spiro atoms. The van der Waals surface area contributed by atoms with Gasteiger partial charge in [0.25, 0.3) is 5.56 Å². The third kappa shape index (κ3) is 2.95. The zero-order valence-corrected chi connectivity index (χ0v) is 14.0. The summed E-state index contributed by atoms with van der Waals surface area (Å²) in [6.45, 7) is 6.03. The number of hydrogen-bond donors (Lipinski definition) is 1. The van der Waals surface area contributed by atoms with E-state index in [2.05, 4.69) is 18.8 Å². The number of phenols is 1. The molecule has 0 fully saturated rings. The summed E-state index contributed by atoms with van der Waals surface area (Å²) in [5, 5.41) is 10.2. The Hall–Kier alpha value is -2.88. The first kappa shape index (κ1) is 16.0. The van der Waals surface area contributed by atoms with Crippen molar-refractivity contribution in [1.29, 1.82) is 0 Å². The van der Waals surface area contributed by atoms with Crippen molar-refractivity contribution in [3.63, 3.8) is 0 Å². The standard InChI is InChI=1S/C20H20N2O2/c1-13(2)15-8-10-16(11-9-15)22-19(24)12-14(3)21-20(22)17-6-4-5-7-18(17)23/h4-13,23H,1-3H3. The number of aromatic nitrogens is 2. The monoisotopic (exact) mass is 320 g/mol. The van der Waals surface area contributed by atoms with Crippen molar-refractivity contribution < 1.29 is 5.11 Å². The summed E-state index contributed by atoms with van der Waals surface area (Å²) in [5.41, 5.74) is 2.92. The van der Waals surface area contributed by atoms with Crippen LogP contribution < -0.4 is 5.56 Å². The van der Waals surface area contributed by atoms with Crippen LogP contribution in [0.15, 0.2) is 59.4 Å². The first-order chi connectivity index (χ1) is 11.5. The Morgan fingerprint density at radius 2 is 1.71 bits per heavy atom. The summed E-state index contributed by atoms with van der Waals surface area (Å²) < 4.78 is 1.53. The first-order valence-electron chi connectivity index (χ1n) is 7.97. The van der Waals surface area contributed by atoms with Crippen LogP contribution in [-0.2, 0) is 0 Å². The van der Waals surface area contributed by atoms with Crippen LogP contribution in [0.25, 0.3) is 17.1 Å². The van der Waals surface area contributed by atoms with Crippen LogP contribution in [0.3, 0.4) is 0 Å². The Labute approximate surface area is 141 Å². The van der Waals surface area contributed by atoms with Crippen molar-refractivity contribution in [2.75, 3.05) is 0 Å². The van der Waals surface area contributed by atoms with Crippen molar-refractivity contribution in [2.24, 2.45) is 0 Å². The van der Waals surface area contributed by atoms with Crippen LogP contribution in [0.5, 0.6) is 5.75 Å². The summed E-state index contributed by atoms with van der Waals surface area (Å²) in [7, 11) is 0. The molecule has 0 aliphatic heterocycles. The summed E-state index contributed by atoms with van der Waals surface area (Å²) in [4.78, 5) is 17.1. The lowest BCUT2D eigenvalue weighted by molar-refractivity contribution is 0.476. The highest BCUT2D eigenvalue weighted by Gasteiger charge is 2.14. The molecule has 122 valence electrons. The number of hydrogen-bond acceptors (Lipinski definition) is 3. The smallest absolute Gasteiger partial charge is 0.258 e. The molecule has 0 aliphatic carbocycles. The van der Waals surface area contributed by atoms with Gasteiger partial charge < -0.3 is 5.11 Å². The van der Waals surface area contributed by atoms with E-state index in [4.69, 9.17) is 0 Å². The fraction of sp³-hybridized carbons (Fsp3) is 0.200. The SMILES string of the molecule is Cc1cc(=O)n(-c2ccc(C(C)C)cc2)c(-c2ccccc2O)n1. The minimum atomic E-state index is -0.168. The highest BCUT2D eigenvalue weighted by atomic mass is 16.3. The molecule has 0 bridgehead atoms. The molecule has 24 heavy (non-hydrogen) atoms. The average Bonchev–Trinajstić information content (AvgIpc) is 2.55. The van der Waals surface area contributed by atoms with Gasteiger partial charge in [-0.25, -0.2) is 4.98 Å². The van der Waals surface area contributed by atoms with E-state index in [0.717, 1.165) is 5.69 Å². The van der Waals surface area contributed by atoms with Gasteiger partial charge in [-0.1, -0.05) is 38.1 Å². The van der Waals surface area contributed by atoms with Crippen molar-refractivity contribution in [3.05, 3.63) is 76.2 Å². The van der Waals surface area contributed by atoms with E-state index in [1.807, 2.05) is 30.3 Å². The summed E-state index contributed by atoms with van der Waals surface area (Å²) >= 11 is 0. The van der Waals surface area contributed by atoms with Crippen molar-refractivity contribution >= 4 is 0 Å². The van der Waals surface area contributed by atoms with Crippen LogP contribution in [0, 0.1) is 6.92 Å². The highest BCUT2D eigenvalue weighted by Crippen LogP contribution is 2.28. The predicted molar refractivity (Wildman–Crippen MR) is 95.8 cm³/mol. The van der Waals surface area contributed by atoms with E-state index in [9.17, 15) is 9.90 Å². The Balaban J connectivity index is 2.25. The predicted octanol–water partition coefficient (Wildman–Crippen LogP) is 4.04. The van der Waals surface area contributed by atoms with E-state index in [1.165, 1.54) is 16.2 Å². The number of nitrogens with zero attached hydrogens (tertiary/aromatic N) is 2. The Bertz CT molecular complexity index is 925. The van der Waals surface area contributed by atoms with E-state index < -0.39 is 0 Å². The van der Waals surface area contributed by atoms with Gasteiger partial charge in [-0.05, 0) is 42.7 Å². The maximum Gasteiger partial charge on any atom is 0.258 e. The molecule has 0 amide bonds. The lowest BCUT2D eigenvalue weighted by atomic mass is 10.0. The van der Waals surface area contributed by atoms with E-state index in [1.54, 1.807) is 25.1 Å². The Kier molecular flexibility index (Phi) is 4.21. The minimum Gasteiger partial charge on any atom is -0.507 e. The number of phenolic OH excluding ortho intramolecular Hbond substituents is 1. The number of rotatable bonds is 3. The van der Waals surface area contributed by atoms with Crippen LogP contribution >= 0.6 is 0 Å². The quantitative estimate of drug-likeness (QED) is 0.792. The third-order valence-corrected chi connectivity index (χ3v) is 4.01. The Morgan fingerprint density at radius 3 is 2.33 bits per heavy atom. The third-order valence-electron chi connectivity index (χ3n) is 4.01. The van der Waals surface area contributed by atoms with Crippen molar-refractivity contribution in [1.82, 2.24) is 9.55 Å². The molecule has 3 aromatic rings. The molecule has 3 rings (SSSR count). The van der Waals surface area contributed by atoms with Gasteiger partial charge in [0, 0.05) is 11.8 Å². The summed E-state index contributed by atoms with van der Waals surface area (Å²) in [6.07, 6.45) is 0. The minimum absolute atomic E-state index is 0.0996. The van der Waals surface area contributed by atoms with Gasteiger partial charge in [-0.2, -0.15) is 0 Å². The molecule has 0 radical (unpaired) electrons. The van der Waals surface area contributed by atoms with Gasteiger partial charge in [0.05, 0.1) is 11.3 Å². The molecule has 1 aromatic heterocycles. The summed E-state index contributed by atoms with van der Waals surface area (Å²) in [6, 6.07) is 16.3. The maximum absolute atomic E-state index is 12.6. The molecular formula is C20H20N2O2. The topological polar surface area (TPSA) is 55.1 Å². The molecule has 2 aromatic carbocycles. The number of benzene rings is 2. The second-order valence-electron chi connectivity index (χ2n) is 6.16. The molecule has 1 heterocycles. The molecular weight excluding hydrogens is 300 g/mol. The molecule has 0 saturated carbocycles. The molecule has 0 atom stereocenters. The first-order valence-corrected chi connectivity index (χ1v) is 7.97. The zero-order valence-electron chi connectivity index (χ0n) is 14.0. The molecule has 0 saturated heterocycles. The van der Waals surface area contributed by atoms with Gasteiger partial charge >= 0.3 is 0 Å². The van der Waals surface area contributed by atoms with Crippen molar-refractivity contribution in [3.8, 4) is 22.8 Å². The van der Waals surface area contributed by atoms with Crippen LogP contribution in [-0.4, -0.2) is 14.7 Å². The lowest BCUT2D eigenvalue weighted by Crippen LogP contribution is -2.21. The molecule has 0 aliphatic rings. The molecule has 0 unspecified atom stereocenters. The largest absolute Gasteiger partial charge is 0.507 e. The molecule has 4 nitrogen and oxygen atoms in total. The van der Waals surface area contributed by atoms with Crippen LogP contribution in [0.2, 0.25) is 0 Å². The van der Waals surface area contributed by atoms with Crippen LogP contribution in [0.1, 0.15) is 31.0 Å². The van der Waals surface area contributed by atoms with Crippen LogP contribution in [0.4, 0.5) is 0 Å². The van der Waals surface area contributed by atoms with E-state index in [-0.39, 0.29) is 11.3 Å². The van der Waals surface area contributed by atoms with Gasteiger partial charge in [-0.15, -0.1) is 0 Å².